The molecule has 14 heavy (non-hydrogen) atoms. The van der Waals surface area contributed by atoms with E-state index in [2.05, 4.69) is 42.8 Å². The third-order valence-corrected chi connectivity index (χ3v) is 5.16. The molecule has 80 valence electrons. The molecule has 0 N–H and O–H groups in total. The Morgan fingerprint density at radius 2 is 2.21 bits per heavy atom. The molecule has 1 aromatic rings. The third-order valence-electron chi connectivity index (χ3n) is 2.33. The van der Waals surface area contributed by atoms with E-state index in [9.17, 15) is 0 Å². The molecule has 0 spiro atoms. The van der Waals surface area contributed by atoms with E-state index in [0.717, 1.165) is 0 Å². The van der Waals surface area contributed by atoms with Crippen molar-refractivity contribution in [2.45, 2.75) is 39.0 Å². The molecule has 0 amide bonds. The normalized spacial score (nSPS) is 15.5. The molecule has 0 bridgehead atoms. The van der Waals surface area contributed by atoms with Gasteiger partial charge in [-0.2, -0.15) is 0 Å². The lowest BCUT2D eigenvalue weighted by Gasteiger charge is -2.16. The number of thiophene rings is 1. The van der Waals surface area contributed by atoms with Crippen LogP contribution in [-0.2, 0) is 0 Å². The molecule has 1 aromatic heterocycles. The van der Waals surface area contributed by atoms with Crippen LogP contribution < -0.4 is 0 Å². The van der Waals surface area contributed by atoms with Gasteiger partial charge in [0.15, 0.2) is 0 Å². The first-order valence-corrected chi connectivity index (χ1v) is 7.00. The molecule has 0 saturated heterocycles. The lowest BCUT2D eigenvalue weighted by atomic mass is 10.0. The second-order valence-corrected chi connectivity index (χ2v) is 6.35. The van der Waals surface area contributed by atoms with E-state index in [1.807, 2.05) is 0 Å². The van der Waals surface area contributed by atoms with Gasteiger partial charge in [0.2, 0.25) is 0 Å². The lowest BCUT2D eigenvalue weighted by molar-refractivity contribution is 0.511. The molecule has 1 rings (SSSR count). The Kier molecular flexibility index (Phi) is 4.95. The van der Waals surface area contributed by atoms with Crippen LogP contribution in [0.25, 0.3) is 0 Å². The smallest absolute Gasteiger partial charge is 0.0715 e. The highest BCUT2D eigenvalue weighted by molar-refractivity contribution is 9.10. The van der Waals surface area contributed by atoms with Crippen molar-refractivity contribution in [3.63, 3.8) is 0 Å². The summed E-state index contributed by atoms with van der Waals surface area (Å²) in [5.41, 5.74) is 0. The molecule has 0 aliphatic rings. The molecule has 0 fully saturated rings. The Morgan fingerprint density at radius 1 is 1.57 bits per heavy atom. The first-order chi connectivity index (χ1) is 6.56. The van der Waals surface area contributed by atoms with Crippen LogP contribution in [-0.4, -0.2) is 0 Å². The molecule has 0 radical (unpaired) electrons. The summed E-state index contributed by atoms with van der Waals surface area (Å²) in [6, 6.07) is 2.15. The Hall–Kier alpha value is 0.470. The molecule has 0 aromatic carbocycles. The van der Waals surface area contributed by atoms with E-state index < -0.39 is 0 Å². The average Bonchev–Trinajstić information content (AvgIpc) is 2.44. The Labute approximate surface area is 104 Å². The van der Waals surface area contributed by atoms with Gasteiger partial charge in [-0.05, 0) is 41.3 Å². The molecule has 0 saturated carbocycles. The van der Waals surface area contributed by atoms with E-state index in [1.165, 1.54) is 27.1 Å². The molecule has 0 aliphatic heterocycles. The molecule has 0 nitrogen and oxygen atoms in total. The summed E-state index contributed by atoms with van der Waals surface area (Å²) in [5.74, 6) is 0.552. The summed E-state index contributed by atoms with van der Waals surface area (Å²) in [5, 5.41) is 0.156. The van der Waals surface area contributed by atoms with Gasteiger partial charge in [0.25, 0.3) is 0 Å². The van der Waals surface area contributed by atoms with Gasteiger partial charge in [-0.15, -0.1) is 22.9 Å². The number of rotatable bonds is 4. The standard InChI is InChI=1S/C11H16BrClS/c1-4-5-7(2)10(13)11-9(12)6-8(3)14-11/h6-7,10H,4-5H2,1-3H3. The highest BCUT2D eigenvalue weighted by atomic mass is 79.9. The maximum absolute atomic E-state index is 6.43. The van der Waals surface area contributed by atoms with Gasteiger partial charge in [-0.25, -0.2) is 0 Å². The lowest BCUT2D eigenvalue weighted by Crippen LogP contribution is -2.02. The summed E-state index contributed by atoms with van der Waals surface area (Å²) in [6.45, 7) is 6.55. The number of aryl methyl sites for hydroxylation is 1. The van der Waals surface area contributed by atoms with Crippen LogP contribution >= 0.6 is 38.9 Å². The zero-order valence-electron chi connectivity index (χ0n) is 8.81. The topological polar surface area (TPSA) is 0 Å². The zero-order valence-corrected chi connectivity index (χ0v) is 12.0. The van der Waals surface area contributed by atoms with Crippen molar-refractivity contribution < 1.29 is 0 Å². The zero-order chi connectivity index (χ0) is 10.7. The minimum absolute atomic E-state index is 0.156. The highest BCUT2D eigenvalue weighted by Crippen LogP contribution is 2.40. The van der Waals surface area contributed by atoms with Crippen LogP contribution in [0.5, 0.6) is 0 Å². The van der Waals surface area contributed by atoms with Gasteiger partial charge in [0, 0.05) is 14.2 Å². The van der Waals surface area contributed by atoms with E-state index in [1.54, 1.807) is 11.3 Å². The predicted octanol–water partition coefficient (Wildman–Crippen LogP) is 5.54. The van der Waals surface area contributed by atoms with Crippen molar-refractivity contribution in [3.8, 4) is 0 Å². The molecule has 2 atom stereocenters. The molecule has 1 heterocycles. The minimum atomic E-state index is 0.156. The fraction of sp³-hybridized carbons (Fsp3) is 0.636. The predicted molar refractivity (Wildman–Crippen MR) is 69.4 cm³/mol. The van der Waals surface area contributed by atoms with E-state index in [0.29, 0.717) is 5.92 Å². The van der Waals surface area contributed by atoms with Crippen molar-refractivity contribution in [3.05, 3.63) is 20.3 Å². The summed E-state index contributed by atoms with van der Waals surface area (Å²) < 4.78 is 1.17. The Balaban J connectivity index is 2.77. The average molecular weight is 296 g/mol. The maximum atomic E-state index is 6.43. The second-order valence-electron chi connectivity index (χ2n) is 3.74. The van der Waals surface area contributed by atoms with Crippen molar-refractivity contribution in [1.82, 2.24) is 0 Å². The van der Waals surface area contributed by atoms with Gasteiger partial charge >= 0.3 is 0 Å². The van der Waals surface area contributed by atoms with Gasteiger partial charge in [0.05, 0.1) is 5.38 Å². The van der Waals surface area contributed by atoms with Crippen LogP contribution in [0.2, 0.25) is 0 Å². The van der Waals surface area contributed by atoms with Gasteiger partial charge in [-0.3, -0.25) is 0 Å². The van der Waals surface area contributed by atoms with Gasteiger partial charge in [-0.1, -0.05) is 20.3 Å². The van der Waals surface area contributed by atoms with Crippen molar-refractivity contribution in [1.29, 1.82) is 0 Å². The van der Waals surface area contributed by atoms with Crippen LogP contribution in [0.15, 0.2) is 10.5 Å². The summed E-state index contributed by atoms with van der Waals surface area (Å²) >= 11 is 11.8. The van der Waals surface area contributed by atoms with Crippen LogP contribution in [0.4, 0.5) is 0 Å². The minimum Gasteiger partial charge on any atom is -0.143 e. The first kappa shape index (κ1) is 12.5. The van der Waals surface area contributed by atoms with Gasteiger partial charge in [0.1, 0.15) is 0 Å². The Bertz CT molecular complexity index is 295. The van der Waals surface area contributed by atoms with Crippen molar-refractivity contribution in [2.75, 3.05) is 0 Å². The van der Waals surface area contributed by atoms with E-state index in [4.69, 9.17) is 11.6 Å². The van der Waals surface area contributed by atoms with E-state index in [-0.39, 0.29) is 5.38 Å². The van der Waals surface area contributed by atoms with Crippen LogP contribution in [0, 0.1) is 12.8 Å². The second kappa shape index (κ2) is 5.53. The molecule has 3 heteroatoms. The summed E-state index contributed by atoms with van der Waals surface area (Å²) in [4.78, 5) is 2.60. The molecular formula is C11H16BrClS. The monoisotopic (exact) mass is 294 g/mol. The number of halogens is 2. The SMILES string of the molecule is CCCC(C)C(Cl)c1sc(C)cc1Br. The van der Waals surface area contributed by atoms with Crippen molar-refractivity contribution in [2.24, 2.45) is 5.92 Å². The molecular weight excluding hydrogens is 280 g/mol. The van der Waals surface area contributed by atoms with Crippen LogP contribution in [0.3, 0.4) is 0 Å². The largest absolute Gasteiger partial charge is 0.143 e. The van der Waals surface area contributed by atoms with Crippen LogP contribution in [0.1, 0.15) is 41.8 Å². The number of hydrogen-bond donors (Lipinski definition) is 0. The quantitative estimate of drug-likeness (QED) is 0.640. The molecule has 0 aliphatic carbocycles. The number of hydrogen-bond acceptors (Lipinski definition) is 1. The summed E-state index contributed by atoms with van der Waals surface area (Å²) in [7, 11) is 0. The maximum Gasteiger partial charge on any atom is 0.0715 e. The number of alkyl halides is 1. The Morgan fingerprint density at radius 3 is 2.64 bits per heavy atom. The third kappa shape index (κ3) is 2.98. The van der Waals surface area contributed by atoms with Crippen molar-refractivity contribution >= 4 is 38.9 Å². The van der Waals surface area contributed by atoms with E-state index >= 15 is 0 Å². The molecule has 2 unspecified atom stereocenters. The first-order valence-electron chi connectivity index (χ1n) is 4.96. The van der Waals surface area contributed by atoms with Gasteiger partial charge < -0.3 is 0 Å². The summed E-state index contributed by atoms with van der Waals surface area (Å²) in [6.07, 6.45) is 2.39. The fourth-order valence-electron chi connectivity index (χ4n) is 1.55. The highest BCUT2D eigenvalue weighted by Gasteiger charge is 2.20. The fourth-order valence-corrected chi connectivity index (χ4v) is 4.07.